The Morgan fingerprint density at radius 1 is 1.18 bits per heavy atom. The minimum absolute atomic E-state index is 0.279. The van der Waals surface area contributed by atoms with Crippen molar-refractivity contribution in [1.29, 1.82) is 5.26 Å². The fourth-order valence-corrected chi connectivity index (χ4v) is 2.34. The summed E-state index contributed by atoms with van der Waals surface area (Å²) in [5.41, 5.74) is 3.84. The van der Waals surface area contributed by atoms with Crippen LogP contribution in [0, 0.1) is 24.1 Å². The molecule has 5 heteroatoms. The van der Waals surface area contributed by atoms with E-state index < -0.39 is 0 Å². The Morgan fingerprint density at radius 2 is 1.95 bits per heavy atom. The average molecular weight is 292 g/mol. The van der Waals surface area contributed by atoms with Crippen LogP contribution in [0.3, 0.4) is 0 Å². The molecule has 0 saturated heterocycles. The van der Waals surface area contributed by atoms with Gasteiger partial charge < -0.3 is 0 Å². The van der Waals surface area contributed by atoms with Gasteiger partial charge in [0, 0.05) is 5.56 Å². The number of nitriles is 1. The molecule has 0 amide bonds. The molecule has 0 bridgehead atoms. The van der Waals surface area contributed by atoms with Gasteiger partial charge in [0.05, 0.1) is 6.54 Å². The summed E-state index contributed by atoms with van der Waals surface area (Å²) in [6, 6.07) is 16.1. The fourth-order valence-electron chi connectivity index (χ4n) is 2.34. The molecular weight excluding hydrogens is 279 g/mol. The zero-order chi connectivity index (χ0) is 15.5. The number of nitrogens with zero attached hydrogens (tertiary/aromatic N) is 4. The number of aryl methyl sites for hydroxylation is 1. The second-order valence-electron chi connectivity index (χ2n) is 5.05. The van der Waals surface area contributed by atoms with Gasteiger partial charge in [-0.15, -0.1) is 5.10 Å². The van der Waals surface area contributed by atoms with Gasteiger partial charge in [-0.25, -0.2) is 9.07 Å². The lowest BCUT2D eigenvalue weighted by atomic mass is 10.1. The molecule has 3 aromatic rings. The number of rotatable bonds is 3. The highest BCUT2D eigenvalue weighted by Crippen LogP contribution is 2.23. The van der Waals surface area contributed by atoms with Crippen LogP contribution in [0.1, 0.15) is 16.8 Å². The van der Waals surface area contributed by atoms with Crippen LogP contribution in [0.15, 0.2) is 48.5 Å². The van der Waals surface area contributed by atoms with E-state index in [1.807, 2.05) is 31.2 Å². The number of hydrogen-bond acceptors (Lipinski definition) is 3. The molecule has 108 valence electrons. The zero-order valence-electron chi connectivity index (χ0n) is 12.0. The maximum atomic E-state index is 13.0. The lowest BCUT2D eigenvalue weighted by Crippen LogP contribution is -2.04. The second-order valence-corrected chi connectivity index (χ2v) is 5.05. The number of hydrogen-bond donors (Lipinski definition) is 0. The highest BCUT2D eigenvalue weighted by molar-refractivity contribution is 5.65. The van der Waals surface area contributed by atoms with E-state index in [-0.39, 0.29) is 11.5 Å². The van der Waals surface area contributed by atoms with Crippen molar-refractivity contribution in [3.05, 3.63) is 71.2 Å². The van der Waals surface area contributed by atoms with Crippen molar-refractivity contribution < 1.29 is 4.39 Å². The van der Waals surface area contributed by atoms with Crippen LogP contribution >= 0.6 is 0 Å². The Balaban J connectivity index is 2.04. The number of halogens is 1. The van der Waals surface area contributed by atoms with Crippen molar-refractivity contribution in [3.8, 4) is 17.3 Å². The van der Waals surface area contributed by atoms with Crippen LogP contribution in [-0.4, -0.2) is 15.0 Å². The Hall–Kier alpha value is -3.00. The first-order chi connectivity index (χ1) is 10.7. The summed E-state index contributed by atoms with van der Waals surface area (Å²) in [6.45, 7) is 2.42. The van der Waals surface area contributed by atoms with Crippen molar-refractivity contribution in [2.24, 2.45) is 0 Å². The Morgan fingerprint density at radius 3 is 2.64 bits per heavy atom. The van der Waals surface area contributed by atoms with Gasteiger partial charge >= 0.3 is 0 Å². The molecule has 22 heavy (non-hydrogen) atoms. The summed E-state index contributed by atoms with van der Waals surface area (Å²) in [4.78, 5) is 0. The van der Waals surface area contributed by atoms with Gasteiger partial charge in [0.1, 0.15) is 17.6 Å². The van der Waals surface area contributed by atoms with E-state index in [0.717, 1.165) is 16.7 Å². The molecule has 0 atom stereocenters. The first-order valence-electron chi connectivity index (χ1n) is 6.82. The van der Waals surface area contributed by atoms with Crippen molar-refractivity contribution in [2.75, 3.05) is 0 Å². The first kappa shape index (κ1) is 14.0. The fraction of sp³-hybridized carbons (Fsp3) is 0.118. The Kier molecular flexibility index (Phi) is 3.67. The molecule has 0 radical (unpaired) electrons. The van der Waals surface area contributed by atoms with Gasteiger partial charge in [-0.1, -0.05) is 41.1 Å². The Bertz CT molecular complexity index is 844. The smallest absolute Gasteiger partial charge is 0.190 e. The third kappa shape index (κ3) is 2.72. The quantitative estimate of drug-likeness (QED) is 0.744. The molecule has 3 rings (SSSR count). The first-order valence-corrected chi connectivity index (χ1v) is 6.82. The lowest BCUT2D eigenvalue weighted by Gasteiger charge is -2.07. The molecule has 0 aliphatic heterocycles. The van der Waals surface area contributed by atoms with E-state index in [2.05, 4.69) is 16.4 Å². The van der Waals surface area contributed by atoms with Gasteiger partial charge in [-0.05, 0) is 30.7 Å². The van der Waals surface area contributed by atoms with Gasteiger partial charge in [-0.2, -0.15) is 5.26 Å². The molecule has 0 N–H and O–H groups in total. The average Bonchev–Trinajstić information content (AvgIpc) is 2.92. The van der Waals surface area contributed by atoms with Gasteiger partial charge in [0.15, 0.2) is 5.69 Å². The van der Waals surface area contributed by atoms with Crippen molar-refractivity contribution >= 4 is 0 Å². The van der Waals surface area contributed by atoms with Crippen LogP contribution in [0.4, 0.5) is 4.39 Å². The molecule has 0 spiro atoms. The molecule has 2 aromatic carbocycles. The predicted octanol–water partition coefficient (Wildman–Crippen LogP) is 3.31. The van der Waals surface area contributed by atoms with E-state index in [4.69, 9.17) is 0 Å². The van der Waals surface area contributed by atoms with Crippen LogP contribution in [0.5, 0.6) is 0 Å². The molecule has 0 aliphatic rings. The van der Waals surface area contributed by atoms with Crippen molar-refractivity contribution in [1.82, 2.24) is 15.0 Å². The van der Waals surface area contributed by atoms with E-state index in [1.54, 1.807) is 16.8 Å². The molecule has 0 unspecified atom stereocenters. The topological polar surface area (TPSA) is 54.5 Å². The third-order valence-electron chi connectivity index (χ3n) is 3.38. The number of aromatic nitrogens is 3. The lowest BCUT2D eigenvalue weighted by molar-refractivity contribution is 0.622. The summed E-state index contributed by atoms with van der Waals surface area (Å²) >= 11 is 0. The summed E-state index contributed by atoms with van der Waals surface area (Å²) in [5, 5.41) is 17.2. The third-order valence-corrected chi connectivity index (χ3v) is 3.38. The number of benzene rings is 2. The minimum atomic E-state index is -0.279. The molecule has 1 aromatic heterocycles. The monoisotopic (exact) mass is 292 g/mol. The van der Waals surface area contributed by atoms with Crippen LogP contribution < -0.4 is 0 Å². The van der Waals surface area contributed by atoms with E-state index in [1.165, 1.54) is 12.1 Å². The molecule has 0 aliphatic carbocycles. The zero-order valence-corrected chi connectivity index (χ0v) is 12.0. The molecular formula is C17H13FN4. The summed E-state index contributed by atoms with van der Waals surface area (Å²) < 4.78 is 14.7. The van der Waals surface area contributed by atoms with Crippen molar-refractivity contribution in [3.63, 3.8) is 0 Å². The molecule has 4 nitrogen and oxygen atoms in total. The van der Waals surface area contributed by atoms with E-state index in [9.17, 15) is 9.65 Å². The van der Waals surface area contributed by atoms with Crippen LogP contribution in [0.2, 0.25) is 0 Å². The van der Waals surface area contributed by atoms with E-state index >= 15 is 0 Å². The van der Waals surface area contributed by atoms with Gasteiger partial charge in [-0.3, -0.25) is 0 Å². The van der Waals surface area contributed by atoms with Gasteiger partial charge in [0.2, 0.25) is 0 Å². The van der Waals surface area contributed by atoms with Crippen LogP contribution in [0.25, 0.3) is 11.3 Å². The Labute approximate surface area is 127 Å². The summed E-state index contributed by atoms with van der Waals surface area (Å²) in [5.74, 6) is -0.279. The normalized spacial score (nSPS) is 10.4. The molecule has 0 fully saturated rings. The highest BCUT2D eigenvalue weighted by atomic mass is 19.1. The largest absolute Gasteiger partial charge is 0.239 e. The van der Waals surface area contributed by atoms with Crippen LogP contribution in [-0.2, 0) is 6.54 Å². The van der Waals surface area contributed by atoms with Gasteiger partial charge in [0.25, 0.3) is 0 Å². The minimum Gasteiger partial charge on any atom is -0.239 e. The SMILES string of the molecule is Cc1cccc(-c2c(C#N)nnn2Cc2ccc(F)cc2)c1. The maximum absolute atomic E-state index is 13.0. The highest BCUT2D eigenvalue weighted by Gasteiger charge is 2.15. The summed E-state index contributed by atoms with van der Waals surface area (Å²) in [7, 11) is 0. The van der Waals surface area contributed by atoms with Crippen molar-refractivity contribution in [2.45, 2.75) is 13.5 Å². The maximum Gasteiger partial charge on any atom is 0.190 e. The predicted molar refractivity (Wildman–Crippen MR) is 80.4 cm³/mol. The molecule has 0 saturated carbocycles. The second kappa shape index (κ2) is 5.78. The molecule has 1 heterocycles. The van der Waals surface area contributed by atoms with E-state index in [0.29, 0.717) is 12.2 Å². The summed E-state index contributed by atoms with van der Waals surface area (Å²) in [6.07, 6.45) is 0. The standard InChI is InChI=1S/C17H13FN4/c1-12-3-2-4-14(9-12)17-16(10-19)20-21-22(17)11-13-5-7-15(18)8-6-13/h2-9H,11H2,1H3.